The van der Waals surface area contributed by atoms with Gasteiger partial charge in [0.15, 0.2) is 0 Å². The van der Waals surface area contributed by atoms with Gasteiger partial charge in [-0.05, 0) is 62.3 Å². The average Bonchev–Trinajstić information content (AvgIpc) is 3.74. The Hall–Kier alpha value is -1.89. The predicted molar refractivity (Wildman–Crippen MR) is 131 cm³/mol. The van der Waals surface area contributed by atoms with Crippen LogP contribution in [0.4, 0.5) is 0 Å². The SMILES string of the molecule is CC[C@@H]1C[C@]2(CO2)[C@@H]([C@]2(C)O[C@H]2CCC(C)C)[C@H](OC)[C@@H]1OC(=O)C=Cc1ccc(OC)cc1. The third-order valence-corrected chi connectivity index (χ3v) is 7.99. The van der Waals surface area contributed by atoms with Crippen LogP contribution in [0.1, 0.15) is 58.9 Å². The Kier molecular flexibility index (Phi) is 7.41. The molecule has 1 saturated carbocycles. The third-order valence-electron chi connectivity index (χ3n) is 7.99. The first kappa shape index (κ1) is 25.2. The van der Waals surface area contributed by atoms with Crippen molar-refractivity contribution >= 4 is 12.0 Å². The maximum atomic E-state index is 12.9. The highest BCUT2D eigenvalue weighted by molar-refractivity contribution is 5.87. The second-order valence-corrected chi connectivity index (χ2v) is 10.7. The normalized spacial score (nSPS) is 36.7. The minimum absolute atomic E-state index is 0.0355. The lowest BCUT2D eigenvalue weighted by atomic mass is 9.64. The van der Waals surface area contributed by atoms with E-state index < -0.39 is 0 Å². The van der Waals surface area contributed by atoms with Gasteiger partial charge < -0.3 is 23.7 Å². The maximum Gasteiger partial charge on any atom is 0.331 e. The Morgan fingerprint density at radius 3 is 2.47 bits per heavy atom. The van der Waals surface area contributed by atoms with Crippen LogP contribution in [0.5, 0.6) is 5.75 Å². The van der Waals surface area contributed by atoms with Gasteiger partial charge in [-0.25, -0.2) is 4.79 Å². The summed E-state index contributed by atoms with van der Waals surface area (Å²) < 4.78 is 29.8. The van der Waals surface area contributed by atoms with Crippen molar-refractivity contribution in [3.05, 3.63) is 35.9 Å². The summed E-state index contributed by atoms with van der Waals surface area (Å²) in [4.78, 5) is 12.9. The van der Waals surface area contributed by atoms with Crippen LogP contribution in [0.3, 0.4) is 0 Å². The van der Waals surface area contributed by atoms with E-state index in [1.165, 1.54) is 6.08 Å². The lowest BCUT2D eigenvalue weighted by Crippen LogP contribution is -2.59. The predicted octanol–water partition coefficient (Wildman–Crippen LogP) is 5.04. The first-order valence-corrected chi connectivity index (χ1v) is 12.6. The molecule has 34 heavy (non-hydrogen) atoms. The first-order chi connectivity index (χ1) is 16.3. The molecular formula is C28H40O6. The van der Waals surface area contributed by atoms with Gasteiger partial charge in [-0.3, -0.25) is 0 Å². The fraction of sp³-hybridized carbons (Fsp3) is 0.679. The number of benzene rings is 1. The van der Waals surface area contributed by atoms with Crippen LogP contribution in [0.15, 0.2) is 30.3 Å². The molecule has 3 fully saturated rings. The molecule has 0 N–H and O–H groups in total. The van der Waals surface area contributed by atoms with E-state index in [-0.39, 0.29) is 47.3 Å². The Morgan fingerprint density at radius 1 is 1.21 bits per heavy atom. The number of hydrogen-bond acceptors (Lipinski definition) is 6. The molecule has 0 unspecified atom stereocenters. The van der Waals surface area contributed by atoms with Gasteiger partial charge in [0.05, 0.1) is 25.7 Å². The van der Waals surface area contributed by atoms with E-state index in [1.807, 2.05) is 24.3 Å². The standard InChI is InChI=1S/C28H40O6/c1-7-20-16-28(17-32-28)26(27(4)22(34-27)14-8-18(2)3)25(31-6)24(20)33-23(29)15-11-19-9-12-21(30-5)13-10-19/h9-13,15,18,20,22,24-26H,7-8,14,16-17H2,1-6H3/t20-,22+,24-,25-,26-,27-,28+/m1/s1. The van der Waals surface area contributed by atoms with Gasteiger partial charge in [0.25, 0.3) is 0 Å². The van der Waals surface area contributed by atoms with Crippen LogP contribution >= 0.6 is 0 Å². The minimum Gasteiger partial charge on any atom is -0.497 e. The Labute approximate surface area is 203 Å². The van der Waals surface area contributed by atoms with E-state index in [4.69, 9.17) is 23.7 Å². The molecule has 1 aliphatic carbocycles. The molecule has 6 heteroatoms. The fourth-order valence-corrected chi connectivity index (χ4v) is 5.92. The molecule has 188 valence electrons. The molecule has 0 radical (unpaired) electrons. The summed E-state index contributed by atoms with van der Waals surface area (Å²) in [6.07, 6.45) is 6.77. The molecule has 3 aliphatic rings. The van der Waals surface area contributed by atoms with Crippen LogP contribution in [-0.4, -0.2) is 56.3 Å². The van der Waals surface area contributed by atoms with Crippen molar-refractivity contribution in [2.75, 3.05) is 20.8 Å². The molecule has 7 atom stereocenters. The molecule has 0 bridgehead atoms. The van der Waals surface area contributed by atoms with Crippen molar-refractivity contribution in [3.63, 3.8) is 0 Å². The van der Waals surface area contributed by atoms with Crippen LogP contribution < -0.4 is 4.74 Å². The van der Waals surface area contributed by atoms with E-state index >= 15 is 0 Å². The highest BCUT2D eigenvalue weighted by atomic mass is 16.6. The number of esters is 1. The Bertz CT molecular complexity index is 873. The van der Waals surface area contributed by atoms with Gasteiger partial charge in [-0.15, -0.1) is 0 Å². The van der Waals surface area contributed by atoms with Crippen molar-refractivity contribution in [1.82, 2.24) is 0 Å². The number of carbonyl (C=O) groups excluding carboxylic acids is 1. The van der Waals surface area contributed by atoms with Crippen LogP contribution in [0.2, 0.25) is 0 Å². The quantitative estimate of drug-likeness (QED) is 0.270. The summed E-state index contributed by atoms with van der Waals surface area (Å²) in [5.41, 5.74) is 0.366. The molecule has 6 nitrogen and oxygen atoms in total. The summed E-state index contributed by atoms with van der Waals surface area (Å²) in [7, 11) is 3.35. The Balaban J connectivity index is 1.49. The van der Waals surface area contributed by atoms with Gasteiger partial charge in [0.2, 0.25) is 0 Å². The highest BCUT2D eigenvalue weighted by Crippen LogP contribution is 2.61. The fourth-order valence-electron chi connectivity index (χ4n) is 5.92. The molecule has 2 heterocycles. The summed E-state index contributed by atoms with van der Waals surface area (Å²) >= 11 is 0. The lowest BCUT2D eigenvalue weighted by Gasteiger charge is -2.46. The van der Waals surface area contributed by atoms with Gasteiger partial charge in [0, 0.05) is 19.1 Å². The molecule has 4 rings (SSSR count). The summed E-state index contributed by atoms with van der Waals surface area (Å²) in [5.74, 6) is 1.28. The van der Waals surface area contributed by atoms with Crippen molar-refractivity contribution in [2.45, 2.75) is 82.9 Å². The van der Waals surface area contributed by atoms with E-state index in [0.29, 0.717) is 5.92 Å². The van der Waals surface area contributed by atoms with Gasteiger partial charge in [0.1, 0.15) is 29.2 Å². The second-order valence-electron chi connectivity index (χ2n) is 10.7. The zero-order valence-electron chi connectivity index (χ0n) is 21.4. The minimum atomic E-state index is -0.356. The molecule has 1 aromatic rings. The largest absolute Gasteiger partial charge is 0.497 e. The molecular weight excluding hydrogens is 432 g/mol. The summed E-state index contributed by atoms with van der Waals surface area (Å²) in [6.45, 7) is 9.53. The monoisotopic (exact) mass is 472 g/mol. The van der Waals surface area contributed by atoms with Crippen LogP contribution in [-0.2, 0) is 23.7 Å². The summed E-state index contributed by atoms with van der Waals surface area (Å²) in [6, 6.07) is 7.55. The van der Waals surface area contributed by atoms with E-state index in [0.717, 1.165) is 43.6 Å². The number of methoxy groups -OCH3 is 2. The van der Waals surface area contributed by atoms with E-state index in [1.54, 1.807) is 20.3 Å². The zero-order chi connectivity index (χ0) is 24.5. The number of rotatable bonds is 10. The molecule has 0 aromatic heterocycles. The number of epoxide rings is 2. The average molecular weight is 473 g/mol. The molecule has 1 aromatic carbocycles. The maximum absolute atomic E-state index is 12.9. The van der Waals surface area contributed by atoms with Crippen molar-refractivity contribution in [2.24, 2.45) is 17.8 Å². The molecule has 0 amide bonds. The van der Waals surface area contributed by atoms with E-state index in [9.17, 15) is 4.79 Å². The van der Waals surface area contributed by atoms with E-state index in [2.05, 4.69) is 27.7 Å². The molecule has 2 saturated heterocycles. The lowest BCUT2D eigenvalue weighted by molar-refractivity contribution is -0.178. The summed E-state index contributed by atoms with van der Waals surface area (Å²) in [5, 5.41) is 0. The van der Waals surface area contributed by atoms with Crippen molar-refractivity contribution in [3.8, 4) is 5.75 Å². The number of hydrogen-bond donors (Lipinski definition) is 0. The Morgan fingerprint density at radius 2 is 1.91 bits per heavy atom. The van der Waals surface area contributed by atoms with Gasteiger partial charge >= 0.3 is 5.97 Å². The van der Waals surface area contributed by atoms with Crippen LogP contribution in [0, 0.1) is 17.8 Å². The number of carbonyl (C=O) groups is 1. The first-order valence-electron chi connectivity index (χ1n) is 12.6. The molecule has 1 spiro atoms. The highest BCUT2D eigenvalue weighted by Gasteiger charge is 2.73. The van der Waals surface area contributed by atoms with Crippen LogP contribution in [0.25, 0.3) is 6.08 Å². The van der Waals surface area contributed by atoms with Gasteiger partial charge in [-0.2, -0.15) is 0 Å². The number of ether oxygens (including phenoxy) is 5. The molecule has 2 aliphatic heterocycles. The smallest absolute Gasteiger partial charge is 0.331 e. The van der Waals surface area contributed by atoms with Gasteiger partial charge in [-0.1, -0.05) is 32.9 Å². The van der Waals surface area contributed by atoms with Crippen molar-refractivity contribution < 1.29 is 28.5 Å². The third kappa shape index (κ3) is 5.05. The second kappa shape index (κ2) is 10.00. The topological polar surface area (TPSA) is 69.8 Å². The zero-order valence-corrected chi connectivity index (χ0v) is 21.4. The van der Waals surface area contributed by atoms with Crippen molar-refractivity contribution in [1.29, 1.82) is 0 Å².